The smallest absolute Gasteiger partial charge is 0.278 e. The van der Waals surface area contributed by atoms with Gasteiger partial charge in [-0.2, -0.15) is 0 Å². The van der Waals surface area contributed by atoms with Gasteiger partial charge in [0.2, 0.25) is 0 Å². The van der Waals surface area contributed by atoms with E-state index in [-0.39, 0.29) is 0 Å². The quantitative estimate of drug-likeness (QED) is 0.526. The minimum absolute atomic E-state index is 0.476. The molecule has 126 valence electrons. The van der Waals surface area contributed by atoms with E-state index in [1.165, 1.54) is 0 Å². The van der Waals surface area contributed by atoms with Crippen LogP contribution in [0.4, 0.5) is 0 Å². The van der Waals surface area contributed by atoms with Crippen LogP contribution in [0.5, 0.6) is 0 Å². The molecule has 0 atom stereocenters. The van der Waals surface area contributed by atoms with Crippen LogP contribution in [0.2, 0.25) is 0 Å². The zero-order chi connectivity index (χ0) is 17.4. The molecule has 0 spiro atoms. The molecule has 0 aliphatic rings. The van der Waals surface area contributed by atoms with Crippen molar-refractivity contribution in [2.75, 3.05) is 6.61 Å². The molecule has 3 heteroatoms. The molecule has 25 heavy (non-hydrogen) atoms. The van der Waals surface area contributed by atoms with E-state index in [1.807, 2.05) is 103 Å². The van der Waals surface area contributed by atoms with Crippen molar-refractivity contribution >= 4 is 18.7 Å². The zero-order valence-electron chi connectivity index (χ0n) is 14.1. The standard InChI is InChI=1S/C22H22O2Si/c23-25(21-13-6-2-7-14-21,22-15-8-3-9-16-22)18-10-17-24-19-20-11-4-1-5-12-20/h1-16,18,23H,17,19H2/b18-10+. The molecule has 3 aromatic carbocycles. The first-order valence-electron chi connectivity index (χ1n) is 8.42. The summed E-state index contributed by atoms with van der Waals surface area (Å²) in [7, 11) is -2.89. The number of ether oxygens (including phenoxy) is 1. The summed E-state index contributed by atoms with van der Waals surface area (Å²) in [5.74, 6) is 0. The lowest BCUT2D eigenvalue weighted by atomic mass is 10.2. The Morgan fingerprint density at radius 2 is 1.20 bits per heavy atom. The monoisotopic (exact) mass is 346 g/mol. The van der Waals surface area contributed by atoms with Crippen LogP contribution in [-0.2, 0) is 11.3 Å². The van der Waals surface area contributed by atoms with E-state index in [4.69, 9.17) is 4.74 Å². The van der Waals surface area contributed by atoms with Crippen molar-refractivity contribution in [2.24, 2.45) is 0 Å². The topological polar surface area (TPSA) is 29.5 Å². The van der Waals surface area contributed by atoms with Gasteiger partial charge >= 0.3 is 0 Å². The third-order valence-electron chi connectivity index (χ3n) is 4.11. The first-order chi connectivity index (χ1) is 12.3. The van der Waals surface area contributed by atoms with Gasteiger partial charge in [-0.1, -0.05) is 103 Å². The average Bonchev–Trinajstić information content (AvgIpc) is 2.70. The fourth-order valence-electron chi connectivity index (χ4n) is 2.78. The maximum atomic E-state index is 11.5. The first kappa shape index (κ1) is 17.4. The second-order valence-corrected chi connectivity index (χ2v) is 8.92. The molecule has 0 aliphatic heterocycles. The molecule has 0 radical (unpaired) electrons. The lowest BCUT2D eigenvalue weighted by Gasteiger charge is -2.22. The van der Waals surface area contributed by atoms with Crippen LogP contribution in [0.1, 0.15) is 5.56 Å². The zero-order valence-corrected chi connectivity index (χ0v) is 15.1. The second-order valence-electron chi connectivity index (χ2n) is 5.90. The van der Waals surface area contributed by atoms with Crippen LogP contribution in [0.15, 0.2) is 103 Å². The Kier molecular flexibility index (Phi) is 5.96. The fourth-order valence-corrected chi connectivity index (χ4v) is 5.34. The molecular weight excluding hydrogens is 324 g/mol. The molecule has 1 N–H and O–H groups in total. The van der Waals surface area contributed by atoms with E-state index in [9.17, 15) is 4.80 Å². The second kappa shape index (κ2) is 8.58. The highest BCUT2D eigenvalue weighted by atomic mass is 28.4. The molecule has 0 saturated carbocycles. The van der Waals surface area contributed by atoms with Crippen molar-refractivity contribution in [3.63, 3.8) is 0 Å². The Morgan fingerprint density at radius 3 is 1.72 bits per heavy atom. The van der Waals surface area contributed by atoms with Gasteiger partial charge in [-0.15, -0.1) is 0 Å². The molecule has 2 nitrogen and oxygen atoms in total. The van der Waals surface area contributed by atoms with Crippen molar-refractivity contribution in [1.29, 1.82) is 0 Å². The maximum Gasteiger partial charge on any atom is 0.278 e. The van der Waals surface area contributed by atoms with Crippen LogP contribution in [0.25, 0.3) is 0 Å². The molecule has 3 rings (SSSR count). The molecule has 0 bridgehead atoms. The molecular formula is C22H22O2Si. The van der Waals surface area contributed by atoms with Crippen LogP contribution in [0, 0.1) is 0 Å². The third-order valence-corrected chi connectivity index (χ3v) is 7.26. The van der Waals surface area contributed by atoms with Gasteiger partial charge in [-0.3, -0.25) is 0 Å². The van der Waals surface area contributed by atoms with Crippen LogP contribution < -0.4 is 10.4 Å². The lowest BCUT2D eigenvalue weighted by molar-refractivity contribution is 0.148. The van der Waals surface area contributed by atoms with E-state index in [0.717, 1.165) is 15.9 Å². The summed E-state index contributed by atoms with van der Waals surface area (Å²) in [5.41, 5.74) is 3.09. The largest absolute Gasteiger partial charge is 0.421 e. The minimum Gasteiger partial charge on any atom is -0.421 e. The van der Waals surface area contributed by atoms with Gasteiger partial charge in [0.25, 0.3) is 8.32 Å². The van der Waals surface area contributed by atoms with Crippen molar-refractivity contribution in [2.45, 2.75) is 6.61 Å². The number of hydrogen-bond acceptors (Lipinski definition) is 2. The lowest BCUT2D eigenvalue weighted by Crippen LogP contribution is -2.57. The highest BCUT2D eigenvalue weighted by Gasteiger charge is 2.32. The predicted octanol–water partition coefficient (Wildman–Crippen LogP) is 3.05. The summed E-state index contributed by atoms with van der Waals surface area (Å²) in [6.07, 6.45) is 1.94. The Morgan fingerprint density at radius 1 is 0.720 bits per heavy atom. The molecule has 3 aromatic rings. The summed E-state index contributed by atoms with van der Waals surface area (Å²) in [6, 6.07) is 29.9. The maximum absolute atomic E-state index is 11.5. The molecule has 0 fully saturated rings. The SMILES string of the molecule is O[Si](/C=C/COCc1ccccc1)(c1ccccc1)c1ccccc1. The van der Waals surface area contributed by atoms with Gasteiger partial charge in [0.05, 0.1) is 13.2 Å². The Hall–Kier alpha value is -2.46. The van der Waals surface area contributed by atoms with Crippen molar-refractivity contribution in [3.8, 4) is 0 Å². The first-order valence-corrected chi connectivity index (χ1v) is 10.4. The molecule has 0 heterocycles. The van der Waals surface area contributed by atoms with Crippen molar-refractivity contribution in [3.05, 3.63) is 108 Å². The van der Waals surface area contributed by atoms with Gasteiger partial charge in [-0.05, 0) is 15.9 Å². The average molecular weight is 347 g/mol. The molecule has 0 saturated heterocycles. The highest BCUT2D eigenvalue weighted by molar-refractivity contribution is 7.00. The van der Waals surface area contributed by atoms with Crippen molar-refractivity contribution < 1.29 is 9.53 Å². The van der Waals surface area contributed by atoms with Gasteiger partial charge < -0.3 is 9.53 Å². The summed E-state index contributed by atoms with van der Waals surface area (Å²) >= 11 is 0. The van der Waals surface area contributed by atoms with Gasteiger partial charge in [-0.25, -0.2) is 0 Å². The predicted molar refractivity (Wildman–Crippen MR) is 105 cm³/mol. The Balaban J connectivity index is 1.72. The molecule has 0 unspecified atom stereocenters. The van der Waals surface area contributed by atoms with E-state index < -0.39 is 8.32 Å². The summed E-state index contributed by atoms with van der Waals surface area (Å²) < 4.78 is 5.71. The van der Waals surface area contributed by atoms with Crippen LogP contribution in [-0.4, -0.2) is 19.7 Å². The molecule has 0 amide bonds. The van der Waals surface area contributed by atoms with E-state index >= 15 is 0 Å². The number of rotatable bonds is 7. The summed E-state index contributed by atoms with van der Waals surface area (Å²) in [6.45, 7) is 1.05. The van der Waals surface area contributed by atoms with Crippen LogP contribution >= 0.6 is 0 Å². The summed E-state index contributed by atoms with van der Waals surface area (Å²) in [4.78, 5) is 11.5. The molecule has 0 aromatic heterocycles. The highest BCUT2D eigenvalue weighted by Crippen LogP contribution is 2.05. The number of benzene rings is 3. The van der Waals surface area contributed by atoms with E-state index in [1.54, 1.807) is 0 Å². The minimum atomic E-state index is -2.89. The van der Waals surface area contributed by atoms with Crippen molar-refractivity contribution in [1.82, 2.24) is 0 Å². The number of hydrogen-bond donors (Lipinski definition) is 1. The Bertz CT molecular complexity index is 747. The van der Waals surface area contributed by atoms with E-state index in [2.05, 4.69) is 0 Å². The van der Waals surface area contributed by atoms with Gasteiger partial charge in [0.15, 0.2) is 0 Å². The Labute approximate surface area is 150 Å². The van der Waals surface area contributed by atoms with Crippen LogP contribution in [0.3, 0.4) is 0 Å². The summed E-state index contributed by atoms with van der Waals surface area (Å²) in [5, 5.41) is 1.95. The normalized spacial score (nSPS) is 11.7. The fraction of sp³-hybridized carbons (Fsp3) is 0.0909. The third kappa shape index (κ3) is 4.54. The van der Waals surface area contributed by atoms with Gasteiger partial charge in [0.1, 0.15) is 0 Å². The molecule has 0 aliphatic carbocycles. The van der Waals surface area contributed by atoms with Gasteiger partial charge in [0, 0.05) is 0 Å². The van der Waals surface area contributed by atoms with E-state index in [0.29, 0.717) is 13.2 Å².